The van der Waals surface area contributed by atoms with Crippen molar-refractivity contribution in [3.63, 3.8) is 0 Å². The van der Waals surface area contributed by atoms with E-state index in [9.17, 15) is 4.79 Å². The number of hydrogen-bond acceptors (Lipinski definition) is 5. The molecular formula is C19H21N3O2S. The highest BCUT2D eigenvalue weighted by Crippen LogP contribution is 2.36. The Morgan fingerprint density at radius 1 is 1.16 bits per heavy atom. The van der Waals surface area contributed by atoms with Gasteiger partial charge in [-0.25, -0.2) is 9.97 Å². The zero-order valence-electron chi connectivity index (χ0n) is 14.2. The van der Waals surface area contributed by atoms with Crippen LogP contribution in [0.4, 0.5) is 5.82 Å². The van der Waals surface area contributed by atoms with Crippen LogP contribution in [0.15, 0.2) is 35.7 Å². The van der Waals surface area contributed by atoms with Gasteiger partial charge < -0.3 is 10.4 Å². The minimum Gasteiger partial charge on any atom is -0.481 e. The normalized spacial score (nSPS) is 10.9. The average Bonchev–Trinajstić information content (AvgIpc) is 3.02. The van der Waals surface area contributed by atoms with Crippen LogP contribution in [0.3, 0.4) is 0 Å². The number of aliphatic carboxylic acids is 1. The molecule has 2 N–H and O–H groups in total. The van der Waals surface area contributed by atoms with E-state index in [0.29, 0.717) is 6.42 Å². The number of aryl methyl sites for hydroxylation is 1. The lowest BCUT2D eigenvalue weighted by Crippen LogP contribution is -2.06. The standard InChI is InChI=1S/C19H21N3O2S/c1-13-21-18(20-11-7-3-6-10-16(23)24)17-15(12-25-19(17)22-13)14-8-4-2-5-9-14/h2,4-5,8-9,12H,3,6-7,10-11H2,1H3,(H,23,24)(H,20,21,22). The summed E-state index contributed by atoms with van der Waals surface area (Å²) in [4.78, 5) is 20.7. The number of nitrogens with zero attached hydrogens (tertiary/aromatic N) is 2. The fraction of sp³-hybridized carbons (Fsp3) is 0.316. The van der Waals surface area contributed by atoms with Crippen LogP contribution in [-0.4, -0.2) is 27.6 Å². The van der Waals surface area contributed by atoms with Crippen LogP contribution in [0.25, 0.3) is 21.3 Å². The molecule has 3 aromatic rings. The molecule has 0 atom stereocenters. The Morgan fingerprint density at radius 2 is 1.96 bits per heavy atom. The first-order valence-electron chi connectivity index (χ1n) is 8.42. The molecule has 0 fully saturated rings. The summed E-state index contributed by atoms with van der Waals surface area (Å²) < 4.78 is 0. The predicted octanol–water partition coefficient (Wildman–Crippen LogP) is 4.72. The van der Waals surface area contributed by atoms with Crippen LogP contribution in [0.2, 0.25) is 0 Å². The van der Waals surface area contributed by atoms with Gasteiger partial charge in [-0.3, -0.25) is 4.79 Å². The largest absolute Gasteiger partial charge is 0.481 e. The molecule has 0 aliphatic carbocycles. The summed E-state index contributed by atoms with van der Waals surface area (Å²) in [6, 6.07) is 10.3. The molecule has 0 bridgehead atoms. The number of aromatic nitrogens is 2. The Morgan fingerprint density at radius 3 is 2.72 bits per heavy atom. The third-order valence-electron chi connectivity index (χ3n) is 3.99. The van der Waals surface area contributed by atoms with Crippen molar-refractivity contribution in [3.8, 4) is 11.1 Å². The van der Waals surface area contributed by atoms with Gasteiger partial charge in [0.05, 0.1) is 5.39 Å². The predicted molar refractivity (Wildman–Crippen MR) is 102 cm³/mol. The van der Waals surface area contributed by atoms with E-state index in [1.165, 1.54) is 0 Å². The van der Waals surface area contributed by atoms with Gasteiger partial charge in [-0.2, -0.15) is 0 Å². The van der Waals surface area contributed by atoms with Crippen LogP contribution in [0, 0.1) is 6.92 Å². The third-order valence-corrected chi connectivity index (χ3v) is 4.86. The molecule has 0 saturated heterocycles. The van der Waals surface area contributed by atoms with Gasteiger partial charge in [0.2, 0.25) is 0 Å². The number of anilines is 1. The Labute approximate surface area is 150 Å². The van der Waals surface area contributed by atoms with Crippen molar-refractivity contribution in [3.05, 3.63) is 41.5 Å². The van der Waals surface area contributed by atoms with E-state index in [-0.39, 0.29) is 6.42 Å². The summed E-state index contributed by atoms with van der Waals surface area (Å²) in [5.74, 6) is 0.884. The lowest BCUT2D eigenvalue weighted by atomic mass is 10.1. The summed E-state index contributed by atoms with van der Waals surface area (Å²) in [5, 5.41) is 15.3. The number of nitrogens with one attached hydrogen (secondary N) is 1. The number of unbranched alkanes of at least 4 members (excludes halogenated alkanes) is 2. The molecule has 0 saturated carbocycles. The molecule has 0 unspecified atom stereocenters. The van der Waals surface area contributed by atoms with Gasteiger partial charge >= 0.3 is 5.97 Å². The van der Waals surface area contributed by atoms with E-state index >= 15 is 0 Å². The van der Waals surface area contributed by atoms with Crippen molar-refractivity contribution >= 4 is 33.3 Å². The number of rotatable bonds is 8. The van der Waals surface area contributed by atoms with E-state index in [1.54, 1.807) is 11.3 Å². The molecule has 2 aromatic heterocycles. The van der Waals surface area contributed by atoms with Crippen LogP contribution in [0.5, 0.6) is 0 Å². The van der Waals surface area contributed by atoms with Crippen LogP contribution >= 0.6 is 11.3 Å². The van der Waals surface area contributed by atoms with Gasteiger partial charge in [0.1, 0.15) is 16.5 Å². The molecule has 0 radical (unpaired) electrons. The monoisotopic (exact) mass is 355 g/mol. The molecule has 25 heavy (non-hydrogen) atoms. The van der Waals surface area contributed by atoms with Crippen LogP contribution in [0.1, 0.15) is 31.5 Å². The molecule has 5 nitrogen and oxygen atoms in total. The summed E-state index contributed by atoms with van der Waals surface area (Å²) in [5.41, 5.74) is 2.31. The first kappa shape index (κ1) is 17.4. The van der Waals surface area contributed by atoms with Crippen molar-refractivity contribution in [1.82, 2.24) is 9.97 Å². The fourth-order valence-electron chi connectivity index (χ4n) is 2.79. The van der Waals surface area contributed by atoms with E-state index in [4.69, 9.17) is 5.11 Å². The Kier molecular flexibility index (Phi) is 5.60. The molecule has 0 aliphatic heterocycles. The van der Waals surface area contributed by atoms with E-state index in [1.807, 2.05) is 25.1 Å². The number of benzene rings is 1. The molecule has 0 spiro atoms. The Bertz CT molecular complexity index is 862. The van der Waals surface area contributed by atoms with Gasteiger partial charge in [-0.15, -0.1) is 11.3 Å². The zero-order valence-corrected chi connectivity index (χ0v) is 15.0. The summed E-state index contributed by atoms with van der Waals surface area (Å²) in [7, 11) is 0. The van der Waals surface area contributed by atoms with E-state index in [2.05, 4.69) is 32.8 Å². The van der Waals surface area contributed by atoms with Gasteiger partial charge in [0, 0.05) is 23.9 Å². The van der Waals surface area contributed by atoms with E-state index < -0.39 is 5.97 Å². The lowest BCUT2D eigenvalue weighted by Gasteiger charge is -2.09. The van der Waals surface area contributed by atoms with Gasteiger partial charge in [-0.1, -0.05) is 36.8 Å². The van der Waals surface area contributed by atoms with Crippen molar-refractivity contribution in [2.24, 2.45) is 0 Å². The SMILES string of the molecule is Cc1nc(NCCCCCC(=O)O)c2c(-c3ccccc3)csc2n1. The number of thiophene rings is 1. The number of fused-ring (bicyclic) bond motifs is 1. The molecule has 2 heterocycles. The minimum atomic E-state index is -0.730. The summed E-state index contributed by atoms with van der Waals surface area (Å²) in [6.45, 7) is 2.68. The smallest absolute Gasteiger partial charge is 0.303 e. The maximum absolute atomic E-state index is 10.5. The Balaban J connectivity index is 1.77. The highest BCUT2D eigenvalue weighted by molar-refractivity contribution is 7.17. The first-order valence-corrected chi connectivity index (χ1v) is 9.30. The van der Waals surface area contributed by atoms with Crippen molar-refractivity contribution in [2.75, 3.05) is 11.9 Å². The quantitative estimate of drug-likeness (QED) is 0.572. The molecule has 1 aromatic carbocycles. The third kappa shape index (κ3) is 4.33. The minimum absolute atomic E-state index is 0.236. The van der Waals surface area contributed by atoms with Crippen molar-refractivity contribution in [2.45, 2.75) is 32.6 Å². The molecule has 0 amide bonds. The van der Waals surface area contributed by atoms with Crippen molar-refractivity contribution in [1.29, 1.82) is 0 Å². The Hall–Kier alpha value is -2.47. The highest BCUT2D eigenvalue weighted by Gasteiger charge is 2.14. The van der Waals surface area contributed by atoms with Crippen LogP contribution in [-0.2, 0) is 4.79 Å². The first-order chi connectivity index (χ1) is 12.1. The molecule has 6 heteroatoms. The number of carbonyl (C=O) groups is 1. The number of carboxylic acid groups (broad SMARTS) is 1. The maximum Gasteiger partial charge on any atom is 0.303 e. The zero-order chi connectivity index (χ0) is 17.6. The molecule has 130 valence electrons. The highest BCUT2D eigenvalue weighted by atomic mass is 32.1. The topological polar surface area (TPSA) is 75.1 Å². The molecule has 0 aliphatic rings. The van der Waals surface area contributed by atoms with Crippen molar-refractivity contribution < 1.29 is 9.90 Å². The van der Waals surface area contributed by atoms with Gasteiger partial charge in [0.15, 0.2) is 0 Å². The van der Waals surface area contributed by atoms with Gasteiger partial charge in [-0.05, 0) is 25.3 Å². The molecule has 3 rings (SSSR count). The fourth-order valence-corrected chi connectivity index (χ4v) is 3.78. The summed E-state index contributed by atoms with van der Waals surface area (Å²) >= 11 is 1.63. The van der Waals surface area contributed by atoms with Crippen LogP contribution < -0.4 is 5.32 Å². The molecular weight excluding hydrogens is 334 g/mol. The summed E-state index contributed by atoms with van der Waals surface area (Å²) in [6.07, 6.45) is 2.76. The van der Waals surface area contributed by atoms with E-state index in [0.717, 1.165) is 52.4 Å². The maximum atomic E-state index is 10.5. The second-order valence-corrected chi connectivity index (χ2v) is 6.80. The lowest BCUT2D eigenvalue weighted by molar-refractivity contribution is -0.137. The average molecular weight is 355 g/mol. The number of carboxylic acids is 1. The number of hydrogen-bond donors (Lipinski definition) is 2. The second-order valence-electron chi connectivity index (χ2n) is 5.95. The second kappa shape index (κ2) is 8.07. The van der Waals surface area contributed by atoms with Gasteiger partial charge in [0.25, 0.3) is 0 Å².